The molecule has 0 saturated carbocycles. The Morgan fingerprint density at radius 2 is 1.66 bits per heavy atom. The minimum Gasteiger partial charge on any atom is -0.480 e. The van der Waals surface area contributed by atoms with Gasteiger partial charge in [0.1, 0.15) is 13.2 Å². The van der Waals surface area contributed by atoms with E-state index in [1.165, 1.54) is 11.1 Å². The van der Waals surface area contributed by atoms with Gasteiger partial charge in [0.05, 0.1) is 5.52 Å². The molecule has 4 aromatic rings. The zero-order valence-corrected chi connectivity index (χ0v) is 19.1. The Labute approximate surface area is 198 Å². The summed E-state index contributed by atoms with van der Waals surface area (Å²) in [6.45, 7) is 0.0866. The van der Waals surface area contributed by atoms with E-state index in [0.717, 1.165) is 25.6 Å². The van der Waals surface area contributed by atoms with Gasteiger partial charge in [0, 0.05) is 26.8 Å². The highest BCUT2D eigenvalue weighted by Crippen LogP contribution is 2.44. The molecule has 1 aromatic heterocycles. The number of amides is 1. The number of nitrogens with zero attached hydrogens (tertiary/aromatic N) is 1. The smallest absolute Gasteiger partial charge is 0.411 e. The van der Waals surface area contributed by atoms with E-state index in [1.54, 1.807) is 22.9 Å². The van der Waals surface area contributed by atoms with E-state index < -0.39 is 12.1 Å². The fourth-order valence-corrected chi connectivity index (χ4v) is 5.15. The van der Waals surface area contributed by atoms with Crippen molar-refractivity contribution in [1.82, 2.24) is 4.57 Å². The van der Waals surface area contributed by atoms with Gasteiger partial charge in [-0.15, -0.1) is 0 Å². The lowest BCUT2D eigenvalue weighted by Crippen LogP contribution is -2.18. The number of carboxylic acids is 1. The maximum absolute atomic E-state index is 12.6. The molecule has 0 radical (unpaired) electrons. The molecule has 0 spiro atoms. The van der Waals surface area contributed by atoms with Crippen molar-refractivity contribution in [3.05, 3.63) is 87.6 Å². The number of halogens is 1. The van der Waals surface area contributed by atoms with Crippen molar-refractivity contribution in [2.45, 2.75) is 12.5 Å². The van der Waals surface area contributed by atoms with E-state index in [4.69, 9.17) is 9.84 Å². The first kappa shape index (κ1) is 20.6. The third-order valence-electron chi connectivity index (χ3n) is 5.73. The molecule has 5 rings (SSSR count). The molecule has 1 aliphatic carbocycles. The van der Waals surface area contributed by atoms with Gasteiger partial charge in [0.25, 0.3) is 0 Å². The van der Waals surface area contributed by atoms with Crippen molar-refractivity contribution < 1.29 is 19.4 Å². The number of aromatic nitrogens is 1. The topological polar surface area (TPSA) is 80.6 Å². The van der Waals surface area contributed by atoms with Crippen molar-refractivity contribution in [3.8, 4) is 11.1 Å². The first-order chi connectivity index (χ1) is 15.5. The van der Waals surface area contributed by atoms with Crippen molar-refractivity contribution in [2.24, 2.45) is 0 Å². The Kier molecular flexibility index (Phi) is 5.34. The molecule has 1 aliphatic rings. The fourth-order valence-electron chi connectivity index (χ4n) is 4.35. The molecule has 7 heteroatoms. The fraction of sp³-hybridized carbons (Fsp3) is 0.120. The molecule has 3 aromatic carbocycles. The summed E-state index contributed by atoms with van der Waals surface area (Å²) in [7, 11) is 0. The molecule has 0 atom stereocenters. The third kappa shape index (κ3) is 3.73. The number of carboxylic acid groups (broad SMARTS) is 1. The second kappa shape index (κ2) is 8.31. The van der Waals surface area contributed by atoms with Crippen molar-refractivity contribution >= 4 is 51.2 Å². The number of fused-ring (bicyclic) bond motifs is 4. The van der Waals surface area contributed by atoms with Crippen LogP contribution >= 0.6 is 22.6 Å². The van der Waals surface area contributed by atoms with Crippen LogP contribution in [0.4, 0.5) is 10.5 Å². The maximum atomic E-state index is 12.6. The molecule has 0 aliphatic heterocycles. The molecule has 0 saturated heterocycles. The standard InChI is InChI=1S/C25H19IN2O4/c26-22-12-28(13-24(29)30)23-11-15(9-10-20(22)23)27-25(31)32-14-21-18-7-3-1-5-16(18)17-6-2-4-8-19(17)21/h1-12,21H,13-14H2,(H,27,31)(H,29,30). The normalized spacial score (nSPS) is 12.4. The van der Waals surface area contributed by atoms with Crippen LogP contribution in [0.15, 0.2) is 72.9 Å². The third-order valence-corrected chi connectivity index (χ3v) is 6.59. The Morgan fingerprint density at radius 1 is 1.00 bits per heavy atom. The molecule has 0 fully saturated rings. The second-order valence-electron chi connectivity index (χ2n) is 7.68. The van der Waals surface area contributed by atoms with Crippen LogP contribution in [-0.4, -0.2) is 28.3 Å². The van der Waals surface area contributed by atoms with E-state index in [0.29, 0.717) is 5.69 Å². The zero-order chi connectivity index (χ0) is 22.2. The molecule has 1 amide bonds. The van der Waals surface area contributed by atoms with E-state index in [1.807, 2.05) is 30.3 Å². The van der Waals surface area contributed by atoms with Crippen LogP contribution in [0.25, 0.3) is 22.0 Å². The molecule has 0 unspecified atom stereocenters. The predicted octanol–water partition coefficient (Wildman–Crippen LogP) is 5.69. The summed E-state index contributed by atoms with van der Waals surface area (Å²) in [4.78, 5) is 23.7. The average molecular weight is 538 g/mol. The highest BCUT2D eigenvalue weighted by atomic mass is 127. The number of hydrogen-bond acceptors (Lipinski definition) is 3. The van der Waals surface area contributed by atoms with Crippen molar-refractivity contribution in [3.63, 3.8) is 0 Å². The lowest BCUT2D eigenvalue weighted by atomic mass is 9.98. The van der Waals surface area contributed by atoms with E-state index in [2.05, 4.69) is 52.2 Å². The zero-order valence-electron chi connectivity index (χ0n) is 16.9. The van der Waals surface area contributed by atoms with Crippen molar-refractivity contribution in [2.75, 3.05) is 11.9 Å². The molecular formula is C25H19IN2O4. The number of ether oxygens (including phenoxy) is 1. The lowest BCUT2D eigenvalue weighted by Gasteiger charge is -2.14. The number of benzene rings is 3. The van der Waals surface area contributed by atoms with Crippen LogP contribution in [-0.2, 0) is 16.1 Å². The molecule has 6 nitrogen and oxygen atoms in total. The monoisotopic (exact) mass is 538 g/mol. The summed E-state index contributed by atoms with van der Waals surface area (Å²) in [5, 5.41) is 12.9. The van der Waals surface area contributed by atoms with Gasteiger partial charge in [-0.1, -0.05) is 48.5 Å². The molecule has 160 valence electrons. The number of aliphatic carboxylic acids is 1. The van der Waals surface area contributed by atoms with E-state index >= 15 is 0 Å². The van der Waals surface area contributed by atoms with Gasteiger partial charge in [0.15, 0.2) is 0 Å². The summed E-state index contributed by atoms with van der Waals surface area (Å²) in [6.07, 6.45) is 1.24. The summed E-state index contributed by atoms with van der Waals surface area (Å²) in [6, 6.07) is 21.8. The van der Waals surface area contributed by atoms with Crippen LogP contribution < -0.4 is 5.32 Å². The second-order valence-corrected chi connectivity index (χ2v) is 8.84. The molecule has 32 heavy (non-hydrogen) atoms. The molecule has 1 heterocycles. The van der Waals surface area contributed by atoms with Gasteiger partial charge in [-0.2, -0.15) is 0 Å². The number of nitrogens with one attached hydrogen (secondary N) is 1. The van der Waals surface area contributed by atoms with Crippen LogP contribution in [0.3, 0.4) is 0 Å². The summed E-state index contributed by atoms with van der Waals surface area (Å²) >= 11 is 2.17. The predicted molar refractivity (Wildman–Crippen MR) is 131 cm³/mol. The Morgan fingerprint density at radius 3 is 2.31 bits per heavy atom. The van der Waals surface area contributed by atoms with Gasteiger partial charge in [-0.3, -0.25) is 10.1 Å². The largest absolute Gasteiger partial charge is 0.480 e. The minimum atomic E-state index is -0.923. The van der Waals surface area contributed by atoms with Crippen LogP contribution in [0, 0.1) is 3.57 Å². The summed E-state index contributed by atoms with van der Waals surface area (Å²) in [5.41, 5.74) is 5.96. The lowest BCUT2D eigenvalue weighted by molar-refractivity contribution is -0.137. The maximum Gasteiger partial charge on any atom is 0.411 e. The SMILES string of the molecule is O=C(O)Cn1cc(I)c2ccc(NC(=O)OCC3c4ccccc4-c4ccccc43)cc21. The van der Waals surface area contributed by atoms with Gasteiger partial charge < -0.3 is 14.4 Å². The first-order valence-corrected chi connectivity index (χ1v) is 11.2. The van der Waals surface area contributed by atoms with Gasteiger partial charge in [0.2, 0.25) is 0 Å². The Hall–Kier alpha value is -3.33. The van der Waals surface area contributed by atoms with Crippen molar-refractivity contribution in [1.29, 1.82) is 0 Å². The number of hydrogen-bond donors (Lipinski definition) is 2. The van der Waals surface area contributed by atoms with Crippen LogP contribution in [0.1, 0.15) is 17.0 Å². The van der Waals surface area contributed by atoms with Crippen LogP contribution in [0.2, 0.25) is 0 Å². The van der Waals surface area contributed by atoms with Gasteiger partial charge in [-0.25, -0.2) is 4.79 Å². The first-order valence-electron chi connectivity index (χ1n) is 10.1. The van der Waals surface area contributed by atoms with Crippen LogP contribution in [0.5, 0.6) is 0 Å². The molecule has 2 N–H and O–H groups in total. The molecule has 0 bridgehead atoms. The average Bonchev–Trinajstić information content (AvgIpc) is 3.26. The van der Waals surface area contributed by atoms with E-state index in [-0.39, 0.29) is 19.1 Å². The molecular weight excluding hydrogens is 519 g/mol. The Balaban J connectivity index is 1.33. The number of anilines is 1. The minimum absolute atomic E-state index is 0.00925. The summed E-state index contributed by atoms with van der Waals surface area (Å²) < 4.78 is 8.21. The number of carbonyl (C=O) groups is 2. The number of carbonyl (C=O) groups excluding carboxylic acids is 1. The summed E-state index contributed by atoms with van der Waals surface area (Å²) in [5.74, 6) is -0.932. The Bertz CT molecular complexity index is 1320. The highest BCUT2D eigenvalue weighted by Gasteiger charge is 2.29. The van der Waals surface area contributed by atoms with Gasteiger partial charge >= 0.3 is 12.1 Å². The van der Waals surface area contributed by atoms with Gasteiger partial charge in [-0.05, 0) is 63.0 Å². The number of rotatable bonds is 5. The quantitative estimate of drug-likeness (QED) is 0.320. The van der Waals surface area contributed by atoms with E-state index in [9.17, 15) is 9.59 Å². The highest BCUT2D eigenvalue weighted by molar-refractivity contribution is 14.1.